The molecule has 4 N–H and O–H groups in total. The molecule has 0 saturated carbocycles. The maximum atomic E-state index is 11.7. The zero-order chi connectivity index (χ0) is 12.3. The highest BCUT2D eigenvalue weighted by Gasteiger charge is 2.07. The zero-order valence-electron chi connectivity index (χ0n) is 8.81. The third-order valence-corrected chi connectivity index (χ3v) is 2.06. The lowest BCUT2D eigenvalue weighted by atomic mass is 10.2. The lowest BCUT2D eigenvalue weighted by Gasteiger charge is -2.04. The van der Waals surface area contributed by atoms with Crippen LogP contribution in [0.3, 0.4) is 0 Å². The molecule has 2 aromatic rings. The van der Waals surface area contributed by atoms with E-state index >= 15 is 0 Å². The summed E-state index contributed by atoms with van der Waals surface area (Å²) < 4.78 is 0. The second-order valence-electron chi connectivity index (χ2n) is 3.39. The molecule has 2 rings (SSSR count). The smallest absolute Gasteiger partial charge is 0.276 e. The van der Waals surface area contributed by atoms with Crippen LogP contribution in [0.2, 0.25) is 0 Å². The summed E-state index contributed by atoms with van der Waals surface area (Å²) >= 11 is 0. The van der Waals surface area contributed by atoms with Crippen LogP contribution in [0.4, 0.5) is 11.4 Å². The van der Waals surface area contributed by atoms with Gasteiger partial charge in [-0.2, -0.15) is 5.10 Å². The molecule has 0 aliphatic heterocycles. The molecule has 1 heterocycles. The lowest BCUT2D eigenvalue weighted by Crippen LogP contribution is -2.17. The summed E-state index contributed by atoms with van der Waals surface area (Å²) in [6.07, 6.45) is 0. The number of aromatic amines is 1. The number of nitrogen functional groups attached to an aromatic ring is 1. The summed E-state index contributed by atoms with van der Waals surface area (Å²) in [4.78, 5) is 22.5. The number of rotatable bonds is 2. The van der Waals surface area contributed by atoms with Gasteiger partial charge in [-0.05, 0) is 24.3 Å². The second kappa shape index (κ2) is 4.48. The Kier molecular flexibility index (Phi) is 2.87. The van der Waals surface area contributed by atoms with Gasteiger partial charge >= 0.3 is 0 Å². The topological polar surface area (TPSA) is 101 Å². The van der Waals surface area contributed by atoms with E-state index < -0.39 is 5.91 Å². The fourth-order valence-electron chi connectivity index (χ4n) is 1.28. The minimum absolute atomic E-state index is 0.132. The SMILES string of the molecule is Nc1cccc(NC(=O)c2ccc(=O)[nH]n2)c1. The molecule has 0 unspecified atom stereocenters. The Morgan fingerprint density at radius 3 is 2.76 bits per heavy atom. The van der Waals surface area contributed by atoms with Gasteiger partial charge in [-0.3, -0.25) is 9.59 Å². The van der Waals surface area contributed by atoms with Crippen molar-refractivity contribution in [2.45, 2.75) is 0 Å². The molecule has 17 heavy (non-hydrogen) atoms. The highest BCUT2D eigenvalue weighted by Crippen LogP contribution is 2.12. The first-order chi connectivity index (χ1) is 8.15. The number of carbonyl (C=O) groups is 1. The van der Waals surface area contributed by atoms with Gasteiger partial charge in [-0.1, -0.05) is 6.07 Å². The van der Waals surface area contributed by atoms with Gasteiger partial charge in [0.05, 0.1) is 0 Å². The summed E-state index contributed by atoms with van der Waals surface area (Å²) in [5.74, 6) is -0.410. The fourth-order valence-corrected chi connectivity index (χ4v) is 1.28. The summed E-state index contributed by atoms with van der Waals surface area (Å²) in [5, 5.41) is 8.42. The van der Waals surface area contributed by atoms with Gasteiger partial charge in [0.2, 0.25) is 0 Å². The Balaban J connectivity index is 2.17. The number of amides is 1. The maximum absolute atomic E-state index is 11.7. The number of nitrogens with one attached hydrogen (secondary N) is 2. The summed E-state index contributed by atoms with van der Waals surface area (Å²) in [6.45, 7) is 0. The van der Waals surface area contributed by atoms with Gasteiger partial charge in [-0.25, -0.2) is 5.10 Å². The quantitative estimate of drug-likeness (QED) is 0.657. The van der Waals surface area contributed by atoms with Crippen molar-refractivity contribution in [2.24, 2.45) is 0 Å². The predicted octanol–water partition coefficient (Wildman–Crippen LogP) is 0.604. The number of anilines is 2. The van der Waals surface area contributed by atoms with E-state index in [0.717, 1.165) is 0 Å². The van der Waals surface area contributed by atoms with E-state index in [4.69, 9.17) is 5.73 Å². The number of hydrogen-bond donors (Lipinski definition) is 3. The van der Waals surface area contributed by atoms with Crippen molar-refractivity contribution >= 4 is 17.3 Å². The van der Waals surface area contributed by atoms with E-state index in [1.807, 2.05) is 0 Å². The Morgan fingerprint density at radius 1 is 1.29 bits per heavy atom. The van der Waals surface area contributed by atoms with Crippen LogP contribution in [0.5, 0.6) is 0 Å². The highest BCUT2D eigenvalue weighted by atomic mass is 16.2. The summed E-state index contributed by atoms with van der Waals surface area (Å²) in [5.41, 5.74) is 6.48. The van der Waals surface area contributed by atoms with Crippen LogP contribution in [0, 0.1) is 0 Å². The molecular weight excluding hydrogens is 220 g/mol. The number of carbonyl (C=O) groups excluding carboxylic acids is 1. The largest absolute Gasteiger partial charge is 0.399 e. The van der Waals surface area contributed by atoms with Crippen molar-refractivity contribution in [3.05, 3.63) is 52.4 Å². The van der Waals surface area contributed by atoms with Crippen molar-refractivity contribution in [1.29, 1.82) is 0 Å². The van der Waals surface area contributed by atoms with Crippen LogP contribution in [-0.2, 0) is 0 Å². The van der Waals surface area contributed by atoms with Gasteiger partial charge in [-0.15, -0.1) is 0 Å². The number of hydrogen-bond acceptors (Lipinski definition) is 4. The fraction of sp³-hybridized carbons (Fsp3) is 0. The Bertz CT molecular complexity index is 586. The van der Waals surface area contributed by atoms with Crippen molar-refractivity contribution < 1.29 is 4.79 Å². The first-order valence-electron chi connectivity index (χ1n) is 4.88. The monoisotopic (exact) mass is 230 g/mol. The third kappa shape index (κ3) is 2.69. The Morgan fingerprint density at radius 2 is 2.12 bits per heavy atom. The summed E-state index contributed by atoms with van der Waals surface area (Å²) in [6, 6.07) is 9.37. The molecule has 86 valence electrons. The van der Waals surface area contributed by atoms with Gasteiger partial charge in [0.25, 0.3) is 11.5 Å². The third-order valence-electron chi connectivity index (χ3n) is 2.06. The van der Waals surface area contributed by atoms with E-state index in [0.29, 0.717) is 11.4 Å². The zero-order valence-corrected chi connectivity index (χ0v) is 8.81. The van der Waals surface area contributed by atoms with Gasteiger partial charge in [0.15, 0.2) is 0 Å². The minimum atomic E-state index is -0.410. The Labute approximate surface area is 96.5 Å². The van der Waals surface area contributed by atoms with Crippen LogP contribution < -0.4 is 16.6 Å². The average molecular weight is 230 g/mol. The van der Waals surface area contributed by atoms with Gasteiger partial charge in [0, 0.05) is 17.4 Å². The predicted molar refractivity (Wildman–Crippen MR) is 63.7 cm³/mol. The number of nitrogens with zero attached hydrogens (tertiary/aromatic N) is 1. The molecule has 0 aliphatic rings. The highest BCUT2D eigenvalue weighted by molar-refractivity contribution is 6.02. The minimum Gasteiger partial charge on any atom is -0.399 e. The molecule has 0 aliphatic carbocycles. The first-order valence-corrected chi connectivity index (χ1v) is 4.88. The second-order valence-corrected chi connectivity index (χ2v) is 3.39. The molecule has 0 atom stereocenters. The molecular formula is C11H10N4O2. The van der Waals surface area contributed by atoms with E-state index in [9.17, 15) is 9.59 Å². The van der Waals surface area contributed by atoms with Crippen molar-refractivity contribution in [3.63, 3.8) is 0 Å². The van der Waals surface area contributed by atoms with Crippen LogP contribution in [0.1, 0.15) is 10.5 Å². The van der Waals surface area contributed by atoms with E-state index in [-0.39, 0.29) is 11.3 Å². The normalized spacial score (nSPS) is 9.88. The average Bonchev–Trinajstić information content (AvgIpc) is 2.29. The van der Waals surface area contributed by atoms with Crippen LogP contribution in [0.15, 0.2) is 41.2 Å². The number of H-pyrrole nitrogens is 1. The van der Waals surface area contributed by atoms with Crippen LogP contribution >= 0.6 is 0 Å². The number of nitrogens with two attached hydrogens (primary N) is 1. The number of aromatic nitrogens is 2. The van der Waals surface area contributed by atoms with E-state index in [1.165, 1.54) is 12.1 Å². The maximum Gasteiger partial charge on any atom is 0.276 e. The molecule has 6 heteroatoms. The molecule has 1 aromatic carbocycles. The molecule has 1 aromatic heterocycles. The molecule has 6 nitrogen and oxygen atoms in total. The lowest BCUT2D eigenvalue weighted by molar-refractivity contribution is 0.102. The summed E-state index contributed by atoms with van der Waals surface area (Å²) in [7, 11) is 0. The van der Waals surface area contributed by atoms with Crippen molar-refractivity contribution in [3.8, 4) is 0 Å². The van der Waals surface area contributed by atoms with E-state index in [1.54, 1.807) is 24.3 Å². The first kappa shape index (κ1) is 10.9. The van der Waals surface area contributed by atoms with Crippen LogP contribution in [-0.4, -0.2) is 16.1 Å². The van der Waals surface area contributed by atoms with Crippen molar-refractivity contribution in [2.75, 3.05) is 11.1 Å². The van der Waals surface area contributed by atoms with Gasteiger partial charge in [0.1, 0.15) is 5.69 Å². The molecule has 1 amide bonds. The van der Waals surface area contributed by atoms with Crippen LogP contribution in [0.25, 0.3) is 0 Å². The van der Waals surface area contributed by atoms with Crippen molar-refractivity contribution in [1.82, 2.24) is 10.2 Å². The number of benzene rings is 1. The van der Waals surface area contributed by atoms with E-state index in [2.05, 4.69) is 15.5 Å². The molecule has 0 fully saturated rings. The molecule has 0 radical (unpaired) electrons. The molecule has 0 bridgehead atoms. The molecule has 0 spiro atoms. The Hall–Kier alpha value is -2.63. The van der Waals surface area contributed by atoms with Gasteiger partial charge < -0.3 is 11.1 Å². The standard InChI is InChI=1S/C11H10N4O2/c12-7-2-1-3-8(6-7)13-11(17)9-4-5-10(16)15-14-9/h1-6H,12H2,(H,13,17)(H,15,16). The molecule has 0 saturated heterocycles.